The van der Waals surface area contributed by atoms with Gasteiger partial charge in [0.2, 0.25) is 0 Å². The van der Waals surface area contributed by atoms with Crippen LogP contribution in [0.2, 0.25) is 0 Å². The molecule has 3 heteroatoms. The third kappa shape index (κ3) is 1.28. The number of hydrogen-bond donors (Lipinski definition) is 1. The van der Waals surface area contributed by atoms with Crippen molar-refractivity contribution in [1.29, 1.82) is 0 Å². The summed E-state index contributed by atoms with van der Waals surface area (Å²) in [6.45, 7) is 4.27. The van der Waals surface area contributed by atoms with Gasteiger partial charge in [0.15, 0.2) is 0 Å². The second-order valence-electron chi connectivity index (χ2n) is 3.14. The summed E-state index contributed by atoms with van der Waals surface area (Å²) in [7, 11) is 0. The van der Waals surface area contributed by atoms with Crippen LogP contribution in [0.15, 0.2) is 12.4 Å². The summed E-state index contributed by atoms with van der Waals surface area (Å²) in [4.78, 5) is 0. The lowest BCUT2D eigenvalue weighted by molar-refractivity contribution is 0.490. The van der Waals surface area contributed by atoms with Gasteiger partial charge in [-0.2, -0.15) is 5.10 Å². The predicted molar refractivity (Wildman–Crippen MR) is 43.5 cm³/mol. The molecule has 1 fully saturated rings. The minimum Gasteiger partial charge on any atom is -0.315 e. The van der Waals surface area contributed by atoms with Gasteiger partial charge in [-0.05, 0) is 25.5 Å². The summed E-state index contributed by atoms with van der Waals surface area (Å²) < 4.78 is 2.06. The zero-order valence-electron chi connectivity index (χ0n) is 6.75. The van der Waals surface area contributed by atoms with Crippen LogP contribution in [0.1, 0.15) is 18.0 Å². The van der Waals surface area contributed by atoms with E-state index in [0.717, 1.165) is 13.1 Å². The third-order valence-electron chi connectivity index (χ3n) is 2.14. The molecule has 1 unspecified atom stereocenters. The highest BCUT2D eigenvalue weighted by Crippen LogP contribution is 2.13. The van der Waals surface area contributed by atoms with Gasteiger partial charge in [-0.3, -0.25) is 4.68 Å². The van der Waals surface area contributed by atoms with Crippen LogP contribution in [0.25, 0.3) is 0 Å². The molecule has 1 aromatic rings. The number of aromatic nitrogens is 2. The van der Waals surface area contributed by atoms with Crippen molar-refractivity contribution in [3.63, 3.8) is 0 Å². The van der Waals surface area contributed by atoms with Crippen LogP contribution in [0.5, 0.6) is 0 Å². The molecule has 0 spiro atoms. The van der Waals surface area contributed by atoms with Gasteiger partial charge in [-0.1, -0.05) is 0 Å². The first-order valence-corrected chi connectivity index (χ1v) is 4.08. The lowest BCUT2D eigenvalue weighted by Crippen LogP contribution is -2.13. The van der Waals surface area contributed by atoms with Crippen molar-refractivity contribution in [1.82, 2.24) is 15.1 Å². The molecule has 0 amide bonds. The SMILES string of the molecule is Cc1cnn(C2CCNC2)c1. The van der Waals surface area contributed by atoms with Crippen LogP contribution < -0.4 is 5.32 Å². The van der Waals surface area contributed by atoms with Gasteiger partial charge in [-0.25, -0.2) is 0 Å². The molecule has 3 nitrogen and oxygen atoms in total. The smallest absolute Gasteiger partial charge is 0.0655 e. The molecule has 1 N–H and O–H groups in total. The zero-order valence-corrected chi connectivity index (χ0v) is 6.75. The minimum atomic E-state index is 0.587. The van der Waals surface area contributed by atoms with E-state index in [1.165, 1.54) is 12.0 Å². The first-order valence-electron chi connectivity index (χ1n) is 4.08. The largest absolute Gasteiger partial charge is 0.315 e. The molecule has 1 aliphatic rings. The monoisotopic (exact) mass is 151 g/mol. The van der Waals surface area contributed by atoms with Crippen LogP contribution >= 0.6 is 0 Å². The maximum Gasteiger partial charge on any atom is 0.0655 e. The van der Waals surface area contributed by atoms with E-state index in [1.807, 2.05) is 6.20 Å². The lowest BCUT2D eigenvalue weighted by Gasteiger charge is -2.07. The second-order valence-corrected chi connectivity index (χ2v) is 3.14. The summed E-state index contributed by atoms with van der Waals surface area (Å²) in [5.74, 6) is 0. The van der Waals surface area contributed by atoms with Gasteiger partial charge >= 0.3 is 0 Å². The first-order chi connectivity index (χ1) is 5.36. The summed E-state index contributed by atoms with van der Waals surface area (Å²) in [5.41, 5.74) is 1.25. The molecule has 2 rings (SSSR count). The molecule has 0 saturated carbocycles. The van der Waals surface area contributed by atoms with Crippen molar-refractivity contribution in [3.05, 3.63) is 18.0 Å². The van der Waals surface area contributed by atoms with E-state index >= 15 is 0 Å². The third-order valence-corrected chi connectivity index (χ3v) is 2.14. The molecule has 0 radical (unpaired) electrons. The molecule has 0 aromatic carbocycles. The van der Waals surface area contributed by atoms with Crippen LogP contribution in [0, 0.1) is 6.92 Å². The fraction of sp³-hybridized carbons (Fsp3) is 0.625. The molecule has 11 heavy (non-hydrogen) atoms. The Balaban J connectivity index is 2.15. The van der Waals surface area contributed by atoms with Gasteiger partial charge < -0.3 is 5.32 Å². The van der Waals surface area contributed by atoms with Crippen LogP contribution in [0.4, 0.5) is 0 Å². The zero-order chi connectivity index (χ0) is 7.68. The molecule has 1 saturated heterocycles. The molecule has 2 heterocycles. The highest BCUT2D eigenvalue weighted by atomic mass is 15.3. The number of nitrogens with zero attached hydrogens (tertiary/aromatic N) is 2. The van der Waals surface area contributed by atoms with Crippen LogP contribution in [0.3, 0.4) is 0 Å². The van der Waals surface area contributed by atoms with E-state index < -0.39 is 0 Å². The Bertz CT molecular complexity index is 235. The lowest BCUT2D eigenvalue weighted by atomic mass is 10.3. The molecule has 1 aromatic heterocycles. The van der Waals surface area contributed by atoms with Gasteiger partial charge in [0.25, 0.3) is 0 Å². The Labute approximate surface area is 66.4 Å². The molecular weight excluding hydrogens is 138 g/mol. The molecule has 60 valence electrons. The van der Waals surface area contributed by atoms with E-state index in [-0.39, 0.29) is 0 Å². The fourth-order valence-electron chi connectivity index (χ4n) is 1.50. The second kappa shape index (κ2) is 2.66. The van der Waals surface area contributed by atoms with Gasteiger partial charge in [0.1, 0.15) is 0 Å². The van der Waals surface area contributed by atoms with Crippen molar-refractivity contribution < 1.29 is 0 Å². The number of nitrogens with one attached hydrogen (secondary N) is 1. The molecular formula is C8H13N3. The number of rotatable bonds is 1. The molecule has 1 aliphatic heterocycles. The Morgan fingerprint density at radius 2 is 2.64 bits per heavy atom. The number of aryl methyl sites for hydroxylation is 1. The van der Waals surface area contributed by atoms with E-state index in [9.17, 15) is 0 Å². The van der Waals surface area contributed by atoms with Crippen LogP contribution in [-0.4, -0.2) is 22.9 Å². The summed E-state index contributed by atoms with van der Waals surface area (Å²) in [6, 6.07) is 0.587. The van der Waals surface area contributed by atoms with Gasteiger partial charge in [0, 0.05) is 12.7 Å². The molecule has 0 bridgehead atoms. The van der Waals surface area contributed by atoms with Crippen LogP contribution in [-0.2, 0) is 0 Å². The summed E-state index contributed by atoms with van der Waals surface area (Å²) >= 11 is 0. The van der Waals surface area contributed by atoms with Crippen molar-refractivity contribution >= 4 is 0 Å². The summed E-state index contributed by atoms with van der Waals surface area (Å²) in [5, 5.41) is 7.59. The Morgan fingerprint density at radius 1 is 1.73 bits per heavy atom. The average molecular weight is 151 g/mol. The first kappa shape index (κ1) is 6.85. The van der Waals surface area contributed by atoms with E-state index in [2.05, 4.69) is 28.2 Å². The quantitative estimate of drug-likeness (QED) is 0.641. The Hall–Kier alpha value is -0.830. The molecule has 1 atom stereocenters. The van der Waals surface area contributed by atoms with Crippen molar-refractivity contribution in [3.8, 4) is 0 Å². The van der Waals surface area contributed by atoms with Crippen molar-refractivity contribution in [2.24, 2.45) is 0 Å². The fourth-order valence-corrected chi connectivity index (χ4v) is 1.50. The van der Waals surface area contributed by atoms with E-state index in [1.54, 1.807) is 0 Å². The maximum absolute atomic E-state index is 4.27. The standard InChI is InChI=1S/C8H13N3/c1-7-4-10-11(6-7)8-2-3-9-5-8/h4,6,8-9H,2-3,5H2,1H3. The predicted octanol–water partition coefficient (Wildman–Crippen LogP) is 0.726. The summed E-state index contributed by atoms with van der Waals surface area (Å²) in [6.07, 6.45) is 5.23. The van der Waals surface area contributed by atoms with Crippen molar-refractivity contribution in [2.45, 2.75) is 19.4 Å². The highest BCUT2D eigenvalue weighted by molar-refractivity contribution is 5.01. The number of hydrogen-bond acceptors (Lipinski definition) is 2. The van der Waals surface area contributed by atoms with Gasteiger partial charge in [-0.15, -0.1) is 0 Å². The van der Waals surface area contributed by atoms with E-state index in [0.29, 0.717) is 6.04 Å². The average Bonchev–Trinajstić information content (AvgIpc) is 2.55. The Morgan fingerprint density at radius 3 is 3.18 bits per heavy atom. The minimum absolute atomic E-state index is 0.587. The Kier molecular flexibility index (Phi) is 1.66. The van der Waals surface area contributed by atoms with Crippen molar-refractivity contribution in [2.75, 3.05) is 13.1 Å². The van der Waals surface area contributed by atoms with E-state index in [4.69, 9.17) is 0 Å². The highest BCUT2D eigenvalue weighted by Gasteiger charge is 2.15. The topological polar surface area (TPSA) is 29.9 Å². The van der Waals surface area contributed by atoms with Gasteiger partial charge in [0.05, 0.1) is 12.2 Å². The normalized spacial score (nSPS) is 24.3. The molecule has 0 aliphatic carbocycles. The maximum atomic E-state index is 4.27.